The van der Waals surface area contributed by atoms with Crippen LogP contribution in [0.15, 0.2) is 30.3 Å². The number of quaternary nitrogens is 1. The van der Waals surface area contributed by atoms with Crippen LogP contribution < -0.4 is 23.7 Å². The van der Waals surface area contributed by atoms with Crippen molar-refractivity contribution in [2.75, 3.05) is 42.6 Å². The molecule has 2 aliphatic heterocycles. The number of hydroxylamine groups is 3. The van der Waals surface area contributed by atoms with Gasteiger partial charge in [0.1, 0.15) is 17.6 Å². The molecule has 2 aliphatic rings. The molecule has 2 aromatic carbocycles. The molecule has 0 amide bonds. The maximum Gasteiger partial charge on any atom is 0.338 e. The van der Waals surface area contributed by atoms with Crippen molar-refractivity contribution in [1.29, 1.82) is 0 Å². The van der Waals surface area contributed by atoms with Gasteiger partial charge in [0, 0.05) is 24.5 Å². The lowest BCUT2D eigenvalue weighted by atomic mass is 9.99. The molecule has 0 spiro atoms. The quantitative estimate of drug-likeness (QED) is 0.241. The first-order valence-corrected chi connectivity index (χ1v) is 13.4. The predicted molar refractivity (Wildman–Crippen MR) is 149 cm³/mol. The number of ether oxygens (including phenoxy) is 7. The van der Waals surface area contributed by atoms with Crippen molar-refractivity contribution in [3.63, 3.8) is 0 Å². The zero-order valence-corrected chi connectivity index (χ0v) is 24.8. The van der Waals surface area contributed by atoms with Crippen LogP contribution in [0.1, 0.15) is 34.3 Å². The fraction of sp³-hybridized carbons (Fsp3) is 0.467. The Hall–Kier alpha value is -4.00. The lowest BCUT2D eigenvalue weighted by Crippen LogP contribution is -2.59. The van der Waals surface area contributed by atoms with Gasteiger partial charge in [0.05, 0.1) is 48.2 Å². The van der Waals surface area contributed by atoms with Gasteiger partial charge in [-0.05, 0) is 42.8 Å². The van der Waals surface area contributed by atoms with Crippen LogP contribution in [-0.4, -0.2) is 99.9 Å². The minimum Gasteiger partial charge on any atom is -0.496 e. The van der Waals surface area contributed by atoms with E-state index >= 15 is 0 Å². The van der Waals surface area contributed by atoms with Crippen LogP contribution in [0.2, 0.25) is 0 Å². The molecule has 228 valence electrons. The van der Waals surface area contributed by atoms with E-state index in [4.69, 9.17) is 33.2 Å². The molecule has 2 heterocycles. The first-order chi connectivity index (χ1) is 20.0. The summed E-state index contributed by atoms with van der Waals surface area (Å²) < 4.78 is 37.6. The van der Waals surface area contributed by atoms with Gasteiger partial charge in [0.15, 0.2) is 35.8 Å². The van der Waals surface area contributed by atoms with Gasteiger partial charge in [0.25, 0.3) is 0 Å². The van der Waals surface area contributed by atoms with E-state index in [1.807, 2.05) is 6.92 Å². The highest BCUT2D eigenvalue weighted by atomic mass is 16.6. The van der Waals surface area contributed by atoms with E-state index in [0.29, 0.717) is 34.3 Å². The second-order valence-electron chi connectivity index (χ2n) is 10.4. The van der Waals surface area contributed by atoms with Gasteiger partial charge in [-0.1, -0.05) is 0 Å². The summed E-state index contributed by atoms with van der Waals surface area (Å²) in [6, 6.07) is 5.02. The van der Waals surface area contributed by atoms with Crippen LogP contribution in [-0.2, 0) is 14.3 Å². The van der Waals surface area contributed by atoms with E-state index < -0.39 is 47.0 Å². The summed E-state index contributed by atoms with van der Waals surface area (Å²) in [6.07, 6.45) is 0.247. The number of nitrogens with zero attached hydrogens (tertiary/aromatic N) is 1. The molecule has 4 unspecified atom stereocenters. The van der Waals surface area contributed by atoms with Crippen molar-refractivity contribution in [2.24, 2.45) is 0 Å². The Morgan fingerprint density at radius 1 is 0.833 bits per heavy atom. The van der Waals surface area contributed by atoms with Gasteiger partial charge in [-0.3, -0.25) is 0 Å². The molecule has 2 aromatic rings. The van der Waals surface area contributed by atoms with E-state index in [1.165, 1.54) is 47.7 Å². The number of piperidine rings is 1. The number of likely N-dealkylation sites (N-methyl/N-ethyl adjacent to an activating group) is 1. The van der Waals surface area contributed by atoms with Gasteiger partial charge in [-0.25, -0.2) is 14.8 Å². The monoisotopic (exact) mass is 588 g/mol. The largest absolute Gasteiger partial charge is 0.496 e. The standard InChI is InChI=1S/C30H38NO11/c1-16-22(36-3)12-18(13-23(16)37-4)30(34)41-19-14-20-27(33)28(21(15-19)31(20,2)35)42-26(32)9-8-17-10-24(38-5)29(40-7)25(11-17)39-6/h8-13,19-21,27-28,33,35H,14-15H2,1-7H3/q+1/b9-8+/t19?,20?,21?,27-,28+,31?/m0/s1. The molecule has 12 heteroatoms. The third-order valence-electron chi connectivity index (χ3n) is 8.07. The van der Waals surface area contributed by atoms with Gasteiger partial charge < -0.3 is 38.3 Å². The highest BCUT2D eigenvalue weighted by Gasteiger charge is 2.65. The van der Waals surface area contributed by atoms with E-state index in [-0.39, 0.29) is 18.4 Å². The molecule has 0 radical (unpaired) electrons. The maximum absolute atomic E-state index is 13.1. The van der Waals surface area contributed by atoms with Crippen LogP contribution in [0.5, 0.6) is 28.7 Å². The molecule has 0 aliphatic carbocycles. The second-order valence-corrected chi connectivity index (χ2v) is 10.4. The number of aliphatic hydroxyl groups is 1. The van der Waals surface area contributed by atoms with Crippen molar-refractivity contribution in [3.8, 4) is 28.7 Å². The molecule has 0 aromatic heterocycles. The van der Waals surface area contributed by atoms with E-state index in [2.05, 4.69) is 0 Å². The Bertz CT molecular complexity index is 1300. The average Bonchev–Trinajstić information content (AvgIpc) is 3.06. The molecule has 2 fully saturated rings. The lowest BCUT2D eigenvalue weighted by Gasteiger charge is -2.40. The lowest BCUT2D eigenvalue weighted by molar-refractivity contribution is -1.12. The first kappa shape index (κ1) is 30.9. The van der Waals surface area contributed by atoms with Crippen molar-refractivity contribution >= 4 is 18.0 Å². The molecule has 2 N–H and O–H groups in total. The molecular weight excluding hydrogens is 550 g/mol. The fourth-order valence-corrected chi connectivity index (χ4v) is 5.84. The average molecular weight is 589 g/mol. The fourth-order valence-electron chi connectivity index (χ4n) is 5.84. The third kappa shape index (κ3) is 5.83. The Morgan fingerprint density at radius 2 is 1.38 bits per heavy atom. The molecule has 6 atom stereocenters. The second kappa shape index (κ2) is 12.5. The van der Waals surface area contributed by atoms with E-state index in [9.17, 15) is 19.9 Å². The van der Waals surface area contributed by atoms with Crippen molar-refractivity contribution < 1.29 is 57.7 Å². The number of rotatable bonds is 10. The summed E-state index contributed by atoms with van der Waals surface area (Å²) in [6.45, 7) is 1.81. The van der Waals surface area contributed by atoms with Gasteiger partial charge in [-0.15, -0.1) is 0 Å². The number of carbonyl (C=O) groups is 2. The molecule has 4 rings (SSSR count). The van der Waals surface area contributed by atoms with Crippen LogP contribution >= 0.6 is 0 Å². The van der Waals surface area contributed by atoms with Gasteiger partial charge in [0.2, 0.25) is 5.75 Å². The molecular formula is C30H38NO11+. The normalized spacial score (nSPS) is 26.5. The van der Waals surface area contributed by atoms with Gasteiger partial charge in [-0.2, -0.15) is 4.65 Å². The van der Waals surface area contributed by atoms with E-state index in [0.717, 1.165) is 5.56 Å². The summed E-state index contributed by atoms with van der Waals surface area (Å²) >= 11 is 0. The highest BCUT2D eigenvalue weighted by Crippen LogP contribution is 2.43. The highest BCUT2D eigenvalue weighted by molar-refractivity contribution is 5.91. The topological polar surface area (TPSA) is 139 Å². The molecule has 0 saturated carbocycles. The van der Waals surface area contributed by atoms with Crippen LogP contribution in [0, 0.1) is 6.92 Å². The Labute approximate surface area is 244 Å². The maximum atomic E-state index is 13.1. The predicted octanol–water partition coefficient (Wildman–Crippen LogP) is 2.93. The third-order valence-corrected chi connectivity index (χ3v) is 8.07. The summed E-state index contributed by atoms with van der Waals surface area (Å²) in [5.74, 6) is 0.895. The molecule has 2 bridgehead atoms. The summed E-state index contributed by atoms with van der Waals surface area (Å²) in [5.41, 5.74) is 1.58. The van der Waals surface area contributed by atoms with Crippen molar-refractivity contribution in [2.45, 2.75) is 50.2 Å². The van der Waals surface area contributed by atoms with Crippen molar-refractivity contribution in [1.82, 2.24) is 0 Å². The van der Waals surface area contributed by atoms with E-state index in [1.54, 1.807) is 31.3 Å². The number of methoxy groups -OCH3 is 5. The number of hydrogen-bond donors (Lipinski definition) is 2. The van der Waals surface area contributed by atoms with Gasteiger partial charge >= 0.3 is 11.9 Å². The number of carbonyl (C=O) groups excluding carboxylic acids is 2. The molecule has 12 nitrogen and oxygen atoms in total. The number of esters is 2. The zero-order chi connectivity index (χ0) is 30.8. The van der Waals surface area contributed by atoms with Crippen LogP contribution in [0.4, 0.5) is 0 Å². The van der Waals surface area contributed by atoms with Crippen LogP contribution in [0.25, 0.3) is 6.08 Å². The number of fused-ring (bicyclic) bond motifs is 2. The summed E-state index contributed by atoms with van der Waals surface area (Å²) in [7, 11) is 9.01. The minimum atomic E-state index is -1.17. The van der Waals surface area contributed by atoms with Crippen molar-refractivity contribution in [3.05, 3.63) is 47.0 Å². The summed E-state index contributed by atoms with van der Waals surface area (Å²) in [4.78, 5) is 25.9. The molecule has 42 heavy (non-hydrogen) atoms. The number of hydrogen-bond acceptors (Lipinski definition) is 11. The number of aliphatic hydroxyl groups excluding tert-OH is 1. The Morgan fingerprint density at radius 3 is 1.90 bits per heavy atom. The number of benzene rings is 2. The smallest absolute Gasteiger partial charge is 0.338 e. The Kier molecular flexibility index (Phi) is 9.19. The summed E-state index contributed by atoms with van der Waals surface area (Å²) in [5, 5.41) is 22.3. The molecule has 2 saturated heterocycles. The SMILES string of the molecule is COc1cc(C(=O)OC2CC3[C@@H](OC(=O)/C=C/c4cc(OC)c(OC)c(OC)c4)[C@@H](O)C(C2)[N+]3(C)O)cc(OC)c1C. The zero-order valence-electron chi connectivity index (χ0n) is 24.8. The van der Waals surface area contributed by atoms with Crippen LogP contribution in [0.3, 0.4) is 0 Å². The Balaban J connectivity index is 1.47. The minimum absolute atomic E-state index is 0.168. The first-order valence-electron chi connectivity index (χ1n) is 13.4.